The van der Waals surface area contributed by atoms with Crippen molar-refractivity contribution in [3.8, 4) is 17.2 Å². The maximum atomic E-state index is 14.7. The molecular weight excluding hydrogens is 666 g/mol. The quantitative estimate of drug-likeness (QED) is 0.0628. The third-order valence-electron chi connectivity index (χ3n) is 7.72. The molecule has 0 radical (unpaired) electrons. The van der Waals surface area contributed by atoms with E-state index in [1.165, 1.54) is 0 Å². The summed E-state index contributed by atoms with van der Waals surface area (Å²) in [4.78, 5) is 22.7. The molecule has 2 N–H and O–H groups in total. The number of benzene rings is 4. The second-order valence-electron chi connectivity index (χ2n) is 10.7. The van der Waals surface area contributed by atoms with Gasteiger partial charge >= 0.3 is 0 Å². The van der Waals surface area contributed by atoms with Crippen molar-refractivity contribution in [3.63, 3.8) is 0 Å². The van der Waals surface area contributed by atoms with Crippen LogP contribution in [0.4, 0.5) is 5.69 Å². The summed E-state index contributed by atoms with van der Waals surface area (Å²) in [5.41, 5.74) is 11.0. The Morgan fingerprint density at radius 1 is 1.04 bits per heavy atom. The van der Waals surface area contributed by atoms with E-state index in [0.717, 1.165) is 15.6 Å². The maximum absolute atomic E-state index is 14.7. The first-order valence-corrected chi connectivity index (χ1v) is 15.7. The van der Waals surface area contributed by atoms with Gasteiger partial charge in [0.25, 0.3) is 5.91 Å². The van der Waals surface area contributed by atoms with Gasteiger partial charge < -0.3 is 29.4 Å². The Morgan fingerprint density at radius 2 is 1.79 bits per heavy atom. The number of nitrogens with one attached hydrogen (secondary N) is 1. The van der Waals surface area contributed by atoms with E-state index < -0.39 is 11.6 Å². The lowest BCUT2D eigenvalue weighted by Gasteiger charge is -2.31. The van der Waals surface area contributed by atoms with Gasteiger partial charge in [0, 0.05) is 52.2 Å². The lowest BCUT2D eigenvalue weighted by atomic mass is 9.81. The summed E-state index contributed by atoms with van der Waals surface area (Å²) in [6, 6.07) is 27.3. The molecule has 12 heteroatoms. The third-order valence-corrected chi connectivity index (χ3v) is 8.49. The number of aliphatic hydroxyl groups is 1. The number of azide groups is 1. The van der Waals surface area contributed by atoms with E-state index >= 15 is 0 Å². The molecular formula is C35H34BrN5O6. The van der Waals surface area contributed by atoms with Crippen LogP contribution in [-0.4, -0.2) is 49.9 Å². The molecule has 1 aliphatic heterocycles. The van der Waals surface area contributed by atoms with E-state index in [1.807, 2.05) is 30.3 Å². The van der Waals surface area contributed by atoms with Gasteiger partial charge in [0.2, 0.25) is 5.90 Å². The van der Waals surface area contributed by atoms with E-state index in [9.17, 15) is 10.3 Å². The van der Waals surface area contributed by atoms with Crippen molar-refractivity contribution in [1.29, 1.82) is 0 Å². The largest absolute Gasteiger partial charge is 0.494 e. The normalized spacial score (nSPS) is 16.8. The fourth-order valence-electron chi connectivity index (χ4n) is 5.37. The second-order valence-corrected chi connectivity index (χ2v) is 11.5. The van der Waals surface area contributed by atoms with Gasteiger partial charge in [0.1, 0.15) is 5.75 Å². The molecule has 0 unspecified atom stereocenters. The number of hydrogen-bond donors (Lipinski definition) is 2. The number of amides is 1. The zero-order chi connectivity index (χ0) is 33.2. The summed E-state index contributed by atoms with van der Waals surface area (Å²) in [5, 5.41) is 16.1. The molecule has 5 rings (SSSR count). The molecule has 0 aliphatic carbocycles. The number of halogens is 1. The SMILES string of the molecule is COc1ccc(CNC(=O)[C@]2(Cc3ccccc3Br)N=C(c3ccc(OCCCO)cc3)O[C@@H]2c2ccccc2N=[N+]=[N-])cc1OC. The molecule has 2 atom stereocenters. The number of carbonyl (C=O) groups is 1. The minimum absolute atomic E-state index is 0.0368. The number of rotatable bonds is 14. The third kappa shape index (κ3) is 7.52. The van der Waals surface area contributed by atoms with Gasteiger partial charge in [0.15, 0.2) is 23.1 Å². The molecule has 0 spiro atoms. The van der Waals surface area contributed by atoms with Crippen molar-refractivity contribution in [2.75, 3.05) is 27.4 Å². The van der Waals surface area contributed by atoms with E-state index in [0.29, 0.717) is 47.1 Å². The van der Waals surface area contributed by atoms with Crippen molar-refractivity contribution in [3.05, 3.63) is 128 Å². The predicted molar refractivity (Wildman–Crippen MR) is 181 cm³/mol. The van der Waals surface area contributed by atoms with Crippen LogP contribution in [0.3, 0.4) is 0 Å². The molecule has 0 fully saturated rings. The summed E-state index contributed by atoms with van der Waals surface area (Å²) in [6.07, 6.45) is -0.287. The highest BCUT2D eigenvalue weighted by molar-refractivity contribution is 9.10. The highest BCUT2D eigenvalue weighted by atomic mass is 79.9. The fraction of sp³-hybridized carbons (Fsp3) is 0.257. The summed E-state index contributed by atoms with van der Waals surface area (Å²) in [7, 11) is 3.12. The van der Waals surface area contributed by atoms with Crippen LogP contribution in [0, 0.1) is 0 Å². The fourth-order valence-corrected chi connectivity index (χ4v) is 5.79. The van der Waals surface area contributed by atoms with Crippen LogP contribution in [0.25, 0.3) is 10.4 Å². The average molecular weight is 701 g/mol. The Labute approximate surface area is 280 Å². The average Bonchev–Trinajstić information content (AvgIpc) is 3.49. The first kappa shape index (κ1) is 33.3. The minimum Gasteiger partial charge on any atom is -0.494 e. The highest BCUT2D eigenvalue weighted by Gasteiger charge is 2.54. The molecule has 4 aromatic rings. The Hall–Kier alpha value is -5.03. The van der Waals surface area contributed by atoms with Gasteiger partial charge in [-0.25, -0.2) is 4.99 Å². The van der Waals surface area contributed by atoms with Crippen LogP contribution in [0.5, 0.6) is 17.2 Å². The number of nitrogens with zero attached hydrogens (tertiary/aromatic N) is 4. The van der Waals surface area contributed by atoms with Crippen molar-refractivity contribution in [2.45, 2.75) is 31.0 Å². The standard InChI is InChI=1S/C35H34BrN5O6/c1-44-30-17-12-23(20-31(30)45-2)22-38-34(43)35(21-25-8-3-5-10-28(25)36)32(27-9-4-6-11-29(27)40-41-37)47-33(39-35)24-13-15-26(16-14-24)46-19-7-18-42/h3-6,8-17,20,32,42H,7,18-19,21-22H2,1-2H3,(H,38,43)/t32-,35-/m1/s1. The lowest BCUT2D eigenvalue weighted by Crippen LogP contribution is -2.49. The van der Waals surface area contributed by atoms with Crippen molar-refractivity contribution in [1.82, 2.24) is 5.32 Å². The van der Waals surface area contributed by atoms with Crippen molar-refractivity contribution in [2.24, 2.45) is 10.1 Å². The summed E-state index contributed by atoms with van der Waals surface area (Å²) >= 11 is 3.65. The molecule has 1 heterocycles. The summed E-state index contributed by atoms with van der Waals surface area (Å²) in [5.74, 6) is 1.60. The molecule has 47 heavy (non-hydrogen) atoms. The van der Waals surface area contributed by atoms with E-state index in [-0.39, 0.29) is 31.4 Å². The van der Waals surface area contributed by atoms with Crippen LogP contribution in [0.1, 0.15) is 34.8 Å². The summed E-state index contributed by atoms with van der Waals surface area (Å²) < 4.78 is 23.9. The first-order valence-electron chi connectivity index (χ1n) is 14.9. The number of carbonyl (C=O) groups excluding carboxylic acids is 1. The molecule has 242 valence electrons. The highest BCUT2D eigenvalue weighted by Crippen LogP contribution is 2.46. The van der Waals surface area contributed by atoms with Crippen molar-refractivity contribution < 1.29 is 28.8 Å². The molecule has 0 saturated carbocycles. The van der Waals surface area contributed by atoms with E-state index in [1.54, 1.807) is 74.9 Å². The van der Waals surface area contributed by atoms with Crippen LogP contribution in [0.15, 0.2) is 106 Å². The van der Waals surface area contributed by atoms with Crippen LogP contribution in [0.2, 0.25) is 0 Å². The minimum atomic E-state index is -1.52. The molecule has 11 nitrogen and oxygen atoms in total. The van der Waals surface area contributed by atoms with Crippen molar-refractivity contribution >= 4 is 33.4 Å². The van der Waals surface area contributed by atoms with Crippen LogP contribution in [-0.2, 0) is 22.5 Å². The van der Waals surface area contributed by atoms with Gasteiger partial charge in [0.05, 0.1) is 20.8 Å². The van der Waals surface area contributed by atoms with Crippen LogP contribution < -0.4 is 19.5 Å². The monoisotopic (exact) mass is 699 g/mol. The Kier molecular flexibility index (Phi) is 11.0. The number of ether oxygens (including phenoxy) is 4. The Morgan fingerprint density at radius 3 is 2.51 bits per heavy atom. The van der Waals surface area contributed by atoms with Crippen LogP contribution >= 0.6 is 15.9 Å². The number of hydrogen-bond acceptors (Lipinski definition) is 8. The Bertz CT molecular complexity index is 1790. The second kappa shape index (κ2) is 15.5. The topological polar surface area (TPSA) is 147 Å². The zero-order valence-electron chi connectivity index (χ0n) is 25.9. The summed E-state index contributed by atoms with van der Waals surface area (Å²) in [6.45, 7) is 0.586. The maximum Gasteiger partial charge on any atom is 0.252 e. The zero-order valence-corrected chi connectivity index (χ0v) is 27.5. The number of methoxy groups -OCH3 is 2. The number of aliphatic hydroxyl groups excluding tert-OH is 1. The molecule has 1 amide bonds. The molecule has 0 saturated heterocycles. The van der Waals surface area contributed by atoms with Gasteiger partial charge in [-0.15, -0.1) is 0 Å². The molecule has 0 aromatic heterocycles. The predicted octanol–water partition coefficient (Wildman–Crippen LogP) is 6.99. The van der Waals surface area contributed by atoms with Gasteiger partial charge in [-0.2, -0.15) is 0 Å². The lowest BCUT2D eigenvalue weighted by molar-refractivity contribution is -0.129. The molecule has 0 bridgehead atoms. The van der Waals surface area contributed by atoms with Gasteiger partial charge in [-0.1, -0.05) is 69.6 Å². The molecule has 1 aliphatic rings. The smallest absolute Gasteiger partial charge is 0.252 e. The first-order chi connectivity index (χ1) is 22.9. The number of aliphatic imine (C=N–C) groups is 1. The van der Waals surface area contributed by atoms with E-state index in [2.05, 4.69) is 31.3 Å². The van der Waals surface area contributed by atoms with Gasteiger partial charge in [-0.05, 0) is 59.1 Å². The molecule has 4 aromatic carbocycles. The van der Waals surface area contributed by atoms with Gasteiger partial charge in [-0.3, -0.25) is 4.79 Å². The Balaban J connectivity index is 1.60. The van der Waals surface area contributed by atoms with E-state index in [4.69, 9.17) is 29.0 Å².